The maximum atomic E-state index is 12.7. The van der Waals surface area contributed by atoms with Crippen molar-refractivity contribution in [1.82, 2.24) is 9.55 Å². The van der Waals surface area contributed by atoms with E-state index < -0.39 is 17.4 Å². The zero-order valence-corrected chi connectivity index (χ0v) is 12.3. The van der Waals surface area contributed by atoms with Gasteiger partial charge in [-0.15, -0.1) is 0 Å². The van der Waals surface area contributed by atoms with Crippen LogP contribution in [0, 0.1) is 6.92 Å². The van der Waals surface area contributed by atoms with Crippen LogP contribution < -0.4 is 5.56 Å². The summed E-state index contributed by atoms with van der Waals surface area (Å²) in [6.07, 6.45) is -3.03. The number of alkyl halides is 3. The quantitative estimate of drug-likeness (QED) is 0.644. The molecule has 112 valence electrons. The minimum absolute atomic E-state index is 0.0513. The van der Waals surface area contributed by atoms with Gasteiger partial charge in [-0.1, -0.05) is 41.6 Å². The third kappa shape index (κ3) is 3.66. The van der Waals surface area contributed by atoms with Gasteiger partial charge in [0.05, 0.1) is 6.54 Å². The highest BCUT2D eigenvalue weighted by molar-refractivity contribution is 7.98. The molecule has 7 heteroatoms. The van der Waals surface area contributed by atoms with Crippen molar-refractivity contribution in [2.75, 3.05) is 6.26 Å². The Labute approximate surface area is 123 Å². The Kier molecular flexibility index (Phi) is 4.41. The zero-order valence-electron chi connectivity index (χ0n) is 11.4. The topological polar surface area (TPSA) is 34.9 Å². The van der Waals surface area contributed by atoms with Crippen molar-refractivity contribution in [3.05, 3.63) is 57.5 Å². The smallest absolute Gasteiger partial charge is 0.283 e. The monoisotopic (exact) mass is 314 g/mol. The van der Waals surface area contributed by atoms with Gasteiger partial charge in [0.2, 0.25) is 0 Å². The van der Waals surface area contributed by atoms with Gasteiger partial charge in [-0.3, -0.25) is 9.36 Å². The first-order valence-corrected chi connectivity index (χ1v) is 7.32. The molecule has 0 atom stereocenters. The van der Waals surface area contributed by atoms with Gasteiger partial charge in [0.15, 0.2) is 10.9 Å². The lowest BCUT2D eigenvalue weighted by molar-refractivity contribution is -0.141. The molecule has 2 aromatic rings. The molecule has 0 radical (unpaired) electrons. The minimum Gasteiger partial charge on any atom is -0.283 e. The average molecular weight is 314 g/mol. The van der Waals surface area contributed by atoms with Crippen molar-refractivity contribution in [2.24, 2.45) is 0 Å². The molecule has 0 bridgehead atoms. The van der Waals surface area contributed by atoms with Crippen LogP contribution in [-0.2, 0) is 12.7 Å². The lowest BCUT2D eigenvalue weighted by Gasteiger charge is -2.13. The molecule has 0 fully saturated rings. The molecule has 0 saturated carbocycles. The number of aryl methyl sites for hydroxylation is 1. The van der Waals surface area contributed by atoms with E-state index in [9.17, 15) is 18.0 Å². The molecule has 0 unspecified atom stereocenters. The molecular formula is C14H13F3N2OS. The maximum Gasteiger partial charge on any atom is 0.433 e. The molecule has 0 aliphatic carbocycles. The average Bonchev–Trinajstić information content (AvgIpc) is 2.42. The second kappa shape index (κ2) is 5.93. The van der Waals surface area contributed by atoms with Crippen LogP contribution in [0.5, 0.6) is 0 Å². The lowest BCUT2D eigenvalue weighted by atomic mass is 10.1. The first-order chi connectivity index (χ1) is 9.81. The summed E-state index contributed by atoms with van der Waals surface area (Å²) in [6.45, 7) is 2.13. The van der Waals surface area contributed by atoms with Crippen LogP contribution in [0.1, 0.15) is 16.8 Å². The third-order valence-electron chi connectivity index (χ3n) is 2.91. The van der Waals surface area contributed by atoms with Gasteiger partial charge in [0.25, 0.3) is 5.56 Å². The van der Waals surface area contributed by atoms with Gasteiger partial charge in [-0.25, -0.2) is 4.98 Å². The minimum atomic E-state index is -4.62. The second-order valence-corrected chi connectivity index (χ2v) is 5.31. The molecule has 1 aromatic carbocycles. The zero-order chi connectivity index (χ0) is 15.6. The fourth-order valence-corrected chi connectivity index (χ4v) is 2.37. The van der Waals surface area contributed by atoms with E-state index in [4.69, 9.17) is 0 Å². The number of thioether (sulfide) groups is 1. The fraction of sp³-hybridized carbons (Fsp3) is 0.286. The van der Waals surface area contributed by atoms with E-state index in [2.05, 4.69) is 4.98 Å². The highest BCUT2D eigenvalue weighted by Crippen LogP contribution is 2.27. The number of nitrogens with zero attached hydrogens (tertiary/aromatic N) is 2. The van der Waals surface area contributed by atoms with Crippen LogP contribution in [0.4, 0.5) is 13.2 Å². The molecule has 3 nitrogen and oxygen atoms in total. The normalized spacial score (nSPS) is 11.7. The van der Waals surface area contributed by atoms with E-state index in [1.807, 2.05) is 31.2 Å². The molecule has 0 N–H and O–H groups in total. The van der Waals surface area contributed by atoms with E-state index in [0.717, 1.165) is 22.9 Å². The van der Waals surface area contributed by atoms with Crippen LogP contribution in [0.2, 0.25) is 0 Å². The van der Waals surface area contributed by atoms with Gasteiger partial charge < -0.3 is 0 Å². The number of hydrogen-bond acceptors (Lipinski definition) is 3. The van der Waals surface area contributed by atoms with E-state index in [0.29, 0.717) is 6.07 Å². The molecule has 21 heavy (non-hydrogen) atoms. The number of benzene rings is 1. The molecule has 0 aliphatic rings. The van der Waals surface area contributed by atoms with E-state index >= 15 is 0 Å². The standard InChI is InChI=1S/C14H13F3N2OS/c1-9-3-5-10(6-4-9)8-19-12(20)7-11(14(15,16)17)18-13(19)21-2/h3-7H,8H2,1-2H3. The predicted octanol–water partition coefficient (Wildman–Crippen LogP) is 3.34. The van der Waals surface area contributed by atoms with Crippen molar-refractivity contribution in [3.63, 3.8) is 0 Å². The Morgan fingerprint density at radius 1 is 1.24 bits per heavy atom. The Hall–Kier alpha value is -1.76. The van der Waals surface area contributed by atoms with Crippen LogP contribution in [0.15, 0.2) is 40.3 Å². The Morgan fingerprint density at radius 3 is 2.38 bits per heavy atom. The predicted molar refractivity (Wildman–Crippen MR) is 75.6 cm³/mol. The van der Waals surface area contributed by atoms with E-state index in [-0.39, 0.29) is 11.7 Å². The fourth-order valence-electron chi connectivity index (χ4n) is 1.81. The molecular weight excluding hydrogens is 301 g/mol. The Morgan fingerprint density at radius 2 is 1.86 bits per heavy atom. The number of hydrogen-bond donors (Lipinski definition) is 0. The first-order valence-electron chi connectivity index (χ1n) is 6.10. The molecule has 0 spiro atoms. The van der Waals surface area contributed by atoms with Crippen molar-refractivity contribution in [2.45, 2.75) is 24.8 Å². The second-order valence-electron chi connectivity index (χ2n) is 4.54. The Balaban J connectivity index is 2.44. The van der Waals surface area contributed by atoms with Crippen LogP contribution in [0.25, 0.3) is 0 Å². The van der Waals surface area contributed by atoms with Gasteiger partial charge in [0.1, 0.15) is 0 Å². The number of halogens is 3. The maximum absolute atomic E-state index is 12.7. The van der Waals surface area contributed by atoms with Gasteiger partial charge in [-0.05, 0) is 18.7 Å². The highest BCUT2D eigenvalue weighted by Gasteiger charge is 2.34. The van der Waals surface area contributed by atoms with Crippen molar-refractivity contribution in [3.8, 4) is 0 Å². The van der Waals surface area contributed by atoms with Crippen LogP contribution >= 0.6 is 11.8 Å². The summed E-state index contributed by atoms with van der Waals surface area (Å²) in [5, 5.41) is 0.0513. The van der Waals surface area contributed by atoms with Crippen molar-refractivity contribution >= 4 is 11.8 Å². The van der Waals surface area contributed by atoms with E-state index in [1.165, 1.54) is 4.57 Å². The van der Waals surface area contributed by atoms with Crippen LogP contribution in [-0.4, -0.2) is 15.8 Å². The summed E-state index contributed by atoms with van der Waals surface area (Å²) in [5.74, 6) is 0. The summed E-state index contributed by atoms with van der Waals surface area (Å²) in [4.78, 5) is 15.5. The van der Waals surface area contributed by atoms with Crippen LogP contribution in [0.3, 0.4) is 0 Å². The first kappa shape index (κ1) is 15.6. The molecule has 2 rings (SSSR count). The summed E-state index contributed by atoms with van der Waals surface area (Å²) in [5.41, 5.74) is 0.0422. The van der Waals surface area contributed by atoms with Crippen molar-refractivity contribution < 1.29 is 13.2 Å². The summed E-state index contributed by atoms with van der Waals surface area (Å²) in [6, 6.07) is 7.98. The highest BCUT2D eigenvalue weighted by atomic mass is 32.2. The number of rotatable bonds is 3. The molecule has 0 amide bonds. The Bertz CT molecular complexity index is 693. The lowest BCUT2D eigenvalue weighted by Crippen LogP contribution is -2.26. The van der Waals surface area contributed by atoms with Crippen molar-refractivity contribution in [1.29, 1.82) is 0 Å². The largest absolute Gasteiger partial charge is 0.433 e. The molecule has 0 saturated heterocycles. The summed E-state index contributed by atoms with van der Waals surface area (Å²) < 4.78 is 39.2. The third-order valence-corrected chi connectivity index (χ3v) is 3.58. The molecule has 1 aromatic heterocycles. The number of aromatic nitrogens is 2. The molecule has 1 heterocycles. The SMILES string of the molecule is CSc1nc(C(F)(F)F)cc(=O)n1Cc1ccc(C)cc1. The summed E-state index contributed by atoms with van der Waals surface area (Å²) in [7, 11) is 0. The summed E-state index contributed by atoms with van der Waals surface area (Å²) >= 11 is 1.01. The van der Waals surface area contributed by atoms with Gasteiger partial charge in [0, 0.05) is 6.07 Å². The van der Waals surface area contributed by atoms with E-state index in [1.54, 1.807) is 6.26 Å². The molecule has 0 aliphatic heterocycles. The van der Waals surface area contributed by atoms with Gasteiger partial charge in [-0.2, -0.15) is 13.2 Å². The van der Waals surface area contributed by atoms with Gasteiger partial charge >= 0.3 is 6.18 Å².